The van der Waals surface area contributed by atoms with E-state index in [0.29, 0.717) is 29.3 Å². The van der Waals surface area contributed by atoms with E-state index in [1.54, 1.807) is 35.6 Å². The molecule has 0 saturated carbocycles. The van der Waals surface area contributed by atoms with Gasteiger partial charge in [0.2, 0.25) is 5.95 Å². The molecular formula is C22H23N7O2. The molecule has 31 heavy (non-hydrogen) atoms. The first-order valence-electron chi connectivity index (χ1n) is 9.81. The number of aromatic amines is 1. The van der Waals surface area contributed by atoms with Gasteiger partial charge in [-0.05, 0) is 30.7 Å². The molecule has 1 unspecified atom stereocenters. The van der Waals surface area contributed by atoms with Crippen LogP contribution < -0.4 is 11.1 Å². The lowest BCUT2D eigenvalue weighted by molar-refractivity contribution is 0.0986. The van der Waals surface area contributed by atoms with Crippen LogP contribution in [0.4, 0.5) is 11.6 Å². The highest BCUT2D eigenvalue weighted by molar-refractivity contribution is 5.93. The van der Waals surface area contributed by atoms with Crippen LogP contribution in [0, 0.1) is 6.92 Å². The summed E-state index contributed by atoms with van der Waals surface area (Å²) in [6.45, 7) is 1.73. The highest BCUT2D eigenvalue weighted by atomic mass is 16.3. The largest absolute Gasteiger partial charge is 0.394 e. The molecule has 0 aliphatic carbocycles. The number of carbonyl (C=O) groups excluding carboxylic acids is 1. The van der Waals surface area contributed by atoms with E-state index >= 15 is 0 Å². The second kappa shape index (κ2) is 8.80. The summed E-state index contributed by atoms with van der Waals surface area (Å²) in [7, 11) is 0. The number of aliphatic hydroxyl groups is 1. The van der Waals surface area contributed by atoms with Crippen molar-refractivity contribution >= 4 is 17.5 Å². The van der Waals surface area contributed by atoms with Crippen LogP contribution >= 0.6 is 0 Å². The molecule has 1 aromatic carbocycles. The molecule has 0 bridgehead atoms. The van der Waals surface area contributed by atoms with Crippen LogP contribution in [0.25, 0.3) is 11.3 Å². The number of imidazole rings is 1. The topological polar surface area (TPSA) is 135 Å². The fourth-order valence-corrected chi connectivity index (χ4v) is 3.45. The molecule has 5 N–H and O–H groups in total. The smallest absolute Gasteiger partial charge is 0.265 e. The maximum atomic E-state index is 12.1. The summed E-state index contributed by atoms with van der Waals surface area (Å²) in [6, 6.07) is 10.9. The van der Waals surface area contributed by atoms with E-state index in [1.165, 1.54) is 0 Å². The Morgan fingerprint density at radius 3 is 2.77 bits per heavy atom. The van der Waals surface area contributed by atoms with Crippen LogP contribution in [0.2, 0.25) is 0 Å². The molecule has 0 fully saturated rings. The van der Waals surface area contributed by atoms with Crippen molar-refractivity contribution in [3.8, 4) is 11.3 Å². The highest BCUT2D eigenvalue weighted by Gasteiger charge is 2.21. The first-order valence-corrected chi connectivity index (χ1v) is 9.81. The number of aryl methyl sites for hydroxylation is 1. The summed E-state index contributed by atoms with van der Waals surface area (Å²) >= 11 is 0. The maximum Gasteiger partial charge on any atom is 0.265 e. The minimum Gasteiger partial charge on any atom is -0.394 e. The monoisotopic (exact) mass is 417 g/mol. The molecule has 9 nitrogen and oxygen atoms in total. The molecule has 0 aliphatic rings. The summed E-state index contributed by atoms with van der Waals surface area (Å²) in [5.74, 6) is -0.139. The quantitative estimate of drug-likeness (QED) is 0.348. The number of benzene rings is 1. The van der Waals surface area contributed by atoms with Crippen LogP contribution in [0.1, 0.15) is 27.8 Å². The minimum atomic E-state index is -0.580. The maximum absolute atomic E-state index is 12.1. The summed E-state index contributed by atoms with van der Waals surface area (Å²) in [5, 5.41) is 13.2. The van der Waals surface area contributed by atoms with Gasteiger partial charge in [-0.3, -0.25) is 4.79 Å². The SMILES string of the molecule is Cc1cnc(Nc2ccccc2)nc1-c1cc(C(N)=O)n(C(CO)Cc2cnc[nH]2)c1. The molecule has 0 aliphatic heterocycles. The van der Waals surface area contributed by atoms with Gasteiger partial charge >= 0.3 is 0 Å². The third kappa shape index (κ3) is 4.46. The third-order valence-corrected chi connectivity index (χ3v) is 4.99. The zero-order valence-electron chi connectivity index (χ0n) is 17.0. The first-order chi connectivity index (χ1) is 15.0. The van der Waals surface area contributed by atoms with Crippen molar-refractivity contribution in [1.82, 2.24) is 24.5 Å². The fourth-order valence-electron chi connectivity index (χ4n) is 3.45. The predicted molar refractivity (Wildman–Crippen MR) is 117 cm³/mol. The predicted octanol–water partition coefficient (Wildman–Crippen LogP) is 2.60. The van der Waals surface area contributed by atoms with Crippen molar-refractivity contribution in [2.45, 2.75) is 19.4 Å². The van der Waals surface area contributed by atoms with Crippen molar-refractivity contribution in [2.75, 3.05) is 11.9 Å². The summed E-state index contributed by atoms with van der Waals surface area (Å²) in [6.07, 6.45) is 7.24. The number of hydrogen-bond donors (Lipinski definition) is 4. The van der Waals surface area contributed by atoms with E-state index in [0.717, 1.165) is 16.9 Å². The first kappa shape index (κ1) is 20.3. The standard InChI is InChI=1S/C22H23N7O2/c1-14-9-25-22(27-16-5-3-2-4-6-16)28-20(14)15-7-19(21(23)31)29(11-15)18(12-30)8-17-10-24-13-26-17/h2-7,9-11,13,18,30H,8,12H2,1H3,(H2,23,31)(H,24,26)(H,25,27,28). The van der Waals surface area contributed by atoms with Gasteiger partial charge < -0.3 is 25.7 Å². The molecule has 0 radical (unpaired) electrons. The lowest BCUT2D eigenvalue weighted by atomic mass is 10.1. The molecule has 1 atom stereocenters. The van der Waals surface area contributed by atoms with E-state index in [9.17, 15) is 9.90 Å². The molecular weight excluding hydrogens is 394 g/mol. The molecule has 3 aromatic heterocycles. The van der Waals surface area contributed by atoms with Gasteiger partial charge in [0.15, 0.2) is 0 Å². The Morgan fingerprint density at radius 2 is 2.10 bits per heavy atom. The third-order valence-electron chi connectivity index (χ3n) is 4.99. The van der Waals surface area contributed by atoms with Crippen LogP contribution in [0.5, 0.6) is 0 Å². The van der Waals surface area contributed by atoms with Gasteiger partial charge in [-0.15, -0.1) is 0 Å². The van der Waals surface area contributed by atoms with Gasteiger partial charge in [0.25, 0.3) is 5.91 Å². The van der Waals surface area contributed by atoms with Gasteiger partial charge in [-0.2, -0.15) is 0 Å². The number of rotatable bonds is 8. The molecule has 1 amide bonds. The molecule has 9 heteroatoms. The van der Waals surface area contributed by atoms with Crippen LogP contribution in [0.3, 0.4) is 0 Å². The van der Waals surface area contributed by atoms with E-state index < -0.39 is 5.91 Å². The van der Waals surface area contributed by atoms with Crippen molar-refractivity contribution in [3.05, 3.63) is 78.3 Å². The van der Waals surface area contributed by atoms with Crippen LogP contribution in [0.15, 0.2) is 61.3 Å². The summed E-state index contributed by atoms with van der Waals surface area (Å²) < 4.78 is 1.70. The number of anilines is 2. The number of nitrogens with two attached hydrogens (primary N) is 1. The van der Waals surface area contributed by atoms with E-state index in [1.807, 2.05) is 37.3 Å². The van der Waals surface area contributed by atoms with Crippen molar-refractivity contribution in [2.24, 2.45) is 5.73 Å². The molecule has 3 heterocycles. The Kier molecular flexibility index (Phi) is 5.76. The Balaban J connectivity index is 1.70. The number of amides is 1. The van der Waals surface area contributed by atoms with E-state index in [4.69, 9.17) is 5.73 Å². The lowest BCUT2D eigenvalue weighted by Crippen LogP contribution is -2.23. The minimum absolute atomic E-state index is 0.170. The van der Waals surface area contributed by atoms with Gasteiger partial charge in [0, 0.05) is 42.0 Å². The molecule has 4 rings (SSSR count). The van der Waals surface area contributed by atoms with Gasteiger partial charge in [0.05, 0.1) is 24.7 Å². The Labute approximate surface area is 179 Å². The highest BCUT2D eigenvalue weighted by Crippen LogP contribution is 2.28. The number of nitrogens with one attached hydrogen (secondary N) is 2. The Bertz CT molecular complexity index is 1170. The van der Waals surface area contributed by atoms with Crippen LogP contribution in [-0.4, -0.2) is 42.1 Å². The number of nitrogens with zero attached hydrogens (tertiary/aromatic N) is 4. The lowest BCUT2D eigenvalue weighted by Gasteiger charge is -2.17. The second-order valence-corrected chi connectivity index (χ2v) is 7.22. The molecule has 4 aromatic rings. The van der Waals surface area contributed by atoms with Gasteiger partial charge in [-0.1, -0.05) is 18.2 Å². The van der Waals surface area contributed by atoms with E-state index in [2.05, 4.69) is 25.3 Å². The number of H-pyrrole nitrogens is 1. The summed E-state index contributed by atoms with van der Waals surface area (Å²) in [4.78, 5) is 28.2. The van der Waals surface area contributed by atoms with Crippen molar-refractivity contribution < 1.29 is 9.90 Å². The number of aromatic nitrogens is 5. The average Bonchev–Trinajstić information content (AvgIpc) is 3.44. The number of primary amides is 1. The number of hydrogen-bond acceptors (Lipinski definition) is 6. The van der Waals surface area contributed by atoms with E-state index in [-0.39, 0.29) is 12.6 Å². The molecule has 158 valence electrons. The van der Waals surface area contributed by atoms with Crippen LogP contribution in [-0.2, 0) is 6.42 Å². The van der Waals surface area contributed by atoms with Gasteiger partial charge in [0.1, 0.15) is 5.69 Å². The molecule has 0 spiro atoms. The molecule has 0 saturated heterocycles. The van der Waals surface area contributed by atoms with Crippen molar-refractivity contribution in [3.63, 3.8) is 0 Å². The zero-order chi connectivity index (χ0) is 21.8. The Hall–Kier alpha value is -3.98. The second-order valence-electron chi connectivity index (χ2n) is 7.22. The van der Waals surface area contributed by atoms with Crippen molar-refractivity contribution in [1.29, 1.82) is 0 Å². The number of aliphatic hydroxyl groups excluding tert-OH is 1. The normalized spacial score (nSPS) is 11.9. The Morgan fingerprint density at radius 1 is 1.29 bits per heavy atom. The van der Waals surface area contributed by atoms with Gasteiger partial charge in [-0.25, -0.2) is 15.0 Å². The fraction of sp³-hybridized carbons (Fsp3) is 0.182. The summed E-state index contributed by atoms with van der Waals surface area (Å²) in [5.41, 5.74) is 9.88. The number of para-hydroxylation sites is 1. The average molecular weight is 417 g/mol. The zero-order valence-corrected chi connectivity index (χ0v) is 17.0. The number of carbonyl (C=O) groups is 1.